The standard InChI is InChI=1S/C13H16N2O4S/c1-9(10-6-4-3-5-7-10)14-13(17)15-11(16)8-12(15)20(2,18)19/h3-7,9,12H,8H2,1-2H3,(H,14,17)/t9-,12?/m1/s1. The Kier molecular flexibility index (Phi) is 3.80. The lowest BCUT2D eigenvalue weighted by Crippen LogP contribution is -2.61. The molecule has 1 heterocycles. The summed E-state index contributed by atoms with van der Waals surface area (Å²) in [5.74, 6) is -0.474. The molecule has 6 nitrogen and oxygen atoms in total. The minimum atomic E-state index is -3.45. The molecule has 0 saturated carbocycles. The average Bonchev–Trinajstić information content (AvgIpc) is 2.35. The number of nitrogens with one attached hydrogen (secondary N) is 1. The van der Waals surface area contributed by atoms with Gasteiger partial charge in [-0.15, -0.1) is 0 Å². The summed E-state index contributed by atoms with van der Waals surface area (Å²) in [5.41, 5.74) is 0.879. The highest BCUT2D eigenvalue weighted by atomic mass is 32.2. The Labute approximate surface area is 117 Å². The van der Waals surface area contributed by atoms with E-state index in [0.717, 1.165) is 16.7 Å². The minimum Gasteiger partial charge on any atom is -0.331 e. The maximum absolute atomic E-state index is 12.0. The molecular formula is C13H16N2O4S. The Morgan fingerprint density at radius 1 is 1.35 bits per heavy atom. The van der Waals surface area contributed by atoms with Crippen molar-refractivity contribution in [2.45, 2.75) is 24.8 Å². The number of nitrogens with zero attached hydrogens (tertiary/aromatic N) is 1. The second kappa shape index (κ2) is 5.24. The van der Waals surface area contributed by atoms with E-state index in [0.29, 0.717) is 0 Å². The number of urea groups is 1. The van der Waals surface area contributed by atoms with Crippen molar-refractivity contribution >= 4 is 21.8 Å². The van der Waals surface area contributed by atoms with Gasteiger partial charge in [0, 0.05) is 6.26 Å². The fraction of sp³-hybridized carbons (Fsp3) is 0.385. The number of imide groups is 1. The molecule has 1 unspecified atom stereocenters. The van der Waals surface area contributed by atoms with E-state index in [4.69, 9.17) is 0 Å². The second-order valence-electron chi connectivity index (χ2n) is 4.83. The van der Waals surface area contributed by atoms with Crippen LogP contribution in [0.15, 0.2) is 30.3 Å². The zero-order chi connectivity index (χ0) is 14.9. The van der Waals surface area contributed by atoms with E-state index in [2.05, 4.69) is 5.32 Å². The molecule has 3 amide bonds. The normalized spacial score (nSPS) is 20.2. The van der Waals surface area contributed by atoms with Crippen LogP contribution in [-0.4, -0.2) is 36.9 Å². The Morgan fingerprint density at radius 3 is 2.45 bits per heavy atom. The van der Waals surface area contributed by atoms with Gasteiger partial charge in [0.25, 0.3) is 0 Å². The monoisotopic (exact) mass is 296 g/mol. The van der Waals surface area contributed by atoms with Crippen LogP contribution in [-0.2, 0) is 14.6 Å². The van der Waals surface area contributed by atoms with E-state index in [9.17, 15) is 18.0 Å². The zero-order valence-corrected chi connectivity index (χ0v) is 12.1. The van der Waals surface area contributed by atoms with Gasteiger partial charge in [0.1, 0.15) is 0 Å². The molecule has 1 N–H and O–H groups in total. The van der Waals surface area contributed by atoms with E-state index in [1.165, 1.54) is 0 Å². The molecule has 0 spiro atoms. The summed E-state index contributed by atoms with van der Waals surface area (Å²) in [6.45, 7) is 1.77. The molecule has 108 valence electrons. The molecule has 1 aliphatic rings. The SMILES string of the molecule is C[C@@H](NC(=O)N1C(=O)CC1S(C)(=O)=O)c1ccccc1. The first-order chi connectivity index (χ1) is 9.30. The van der Waals surface area contributed by atoms with E-state index >= 15 is 0 Å². The Morgan fingerprint density at radius 2 is 1.95 bits per heavy atom. The molecule has 0 radical (unpaired) electrons. The van der Waals surface area contributed by atoms with Crippen molar-refractivity contribution in [2.24, 2.45) is 0 Å². The number of β-lactam (4-membered cyclic amide) rings is 1. The summed E-state index contributed by atoms with van der Waals surface area (Å²) in [5, 5.41) is 1.59. The summed E-state index contributed by atoms with van der Waals surface area (Å²) < 4.78 is 22.9. The van der Waals surface area contributed by atoms with Gasteiger partial charge in [0.05, 0.1) is 12.5 Å². The quantitative estimate of drug-likeness (QED) is 0.845. The van der Waals surface area contributed by atoms with Crippen LogP contribution < -0.4 is 5.32 Å². The number of carbonyl (C=O) groups excluding carboxylic acids is 2. The van der Waals surface area contributed by atoms with Crippen molar-refractivity contribution in [3.8, 4) is 0 Å². The van der Waals surface area contributed by atoms with Crippen molar-refractivity contribution < 1.29 is 18.0 Å². The predicted octanol–water partition coefficient (Wildman–Crippen LogP) is 1.06. The first-order valence-corrected chi connectivity index (χ1v) is 8.12. The van der Waals surface area contributed by atoms with Gasteiger partial charge in [-0.2, -0.15) is 0 Å². The largest absolute Gasteiger partial charge is 0.331 e. The van der Waals surface area contributed by atoms with E-state index in [1.807, 2.05) is 30.3 Å². The van der Waals surface area contributed by atoms with Gasteiger partial charge in [-0.25, -0.2) is 18.1 Å². The Bertz CT molecular complexity index is 627. The van der Waals surface area contributed by atoms with Crippen LogP contribution in [0.4, 0.5) is 4.79 Å². The van der Waals surface area contributed by atoms with E-state index in [-0.39, 0.29) is 12.5 Å². The minimum absolute atomic E-state index is 0.133. The van der Waals surface area contributed by atoms with Gasteiger partial charge in [-0.05, 0) is 12.5 Å². The van der Waals surface area contributed by atoms with Gasteiger partial charge in [-0.1, -0.05) is 30.3 Å². The highest BCUT2D eigenvalue weighted by molar-refractivity contribution is 7.91. The zero-order valence-electron chi connectivity index (χ0n) is 11.2. The first kappa shape index (κ1) is 14.5. The molecule has 1 aliphatic heterocycles. The summed E-state index contributed by atoms with van der Waals surface area (Å²) in [4.78, 5) is 24.2. The lowest BCUT2D eigenvalue weighted by atomic mass is 10.1. The maximum Gasteiger partial charge on any atom is 0.325 e. The third kappa shape index (κ3) is 2.82. The number of amides is 3. The third-order valence-corrected chi connectivity index (χ3v) is 4.62. The Hall–Kier alpha value is -1.89. The van der Waals surface area contributed by atoms with Crippen LogP contribution in [0.3, 0.4) is 0 Å². The second-order valence-corrected chi connectivity index (χ2v) is 7.04. The van der Waals surface area contributed by atoms with Crippen molar-refractivity contribution in [1.29, 1.82) is 0 Å². The fourth-order valence-corrected chi connectivity index (χ4v) is 3.10. The molecule has 20 heavy (non-hydrogen) atoms. The van der Waals surface area contributed by atoms with Crippen LogP contribution in [0.25, 0.3) is 0 Å². The number of hydrogen-bond acceptors (Lipinski definition) is 4. The fourth-order valence-electron chi connectivity index (χ4n) is 2.05. The van der Waals surface area contributed by atoms with Gasteiger partial charge >= 0.3 is 6.03 Å². The van der Waals surface area contributed by atoms with Crippen LogP contribution >= 0.6 is 0 Å². The molecule has 0 aliphatic carbocycles. The third-order valence-electron chi connectivity index (χ3n) is 3.26. The summed E-state index contributed by atoms with van der Waals surface area (Å²) >= 11 is 0. The van der Waals surface area contributed by atoms with Gasteiger partial charge in [0.2, 0.25) is 5.91 Å². The molecule has 2 rings (SSSR count). The summed E-state index contributed by atoms with van der Waals surface area (Å²) in [6, 6.07) is 8.24. The van der Waals surface area contributed by atoms with Gasteiger partial charge in [-0.3, -0.25) is 4.79 Å². The molecule has 2 atom stereocenters. The highest BCUT2D eigenvalue weighted by Gasteiger charge is 2.47. The molecule has 1 saturated heterocycles. The maximum atomic E-state index is 12.0. The van der Waals surface area contributed by atoms with Gasteiger partial charge in [0.15, 0.2) is 15.2 Å². The number of sulfone groups is 1. The number of carbonyl (C=O) groups is 2. The molecule has 1 fully saturated rings. The number of hydrogen-bond donors (Lipinski definition) is 1. The van der Waals surface area contributed by atoms with E-state index in [1.54, 1.807) is 6.92 Å². The predicted molar refractivity (Wildman–Crippen MR) is 73.5 cm³/mol. The molecule has 0 bridgehead atoms. The highest BCUT2D eigenvalue weighted by Crippen LogP contribution is 2.24. The van der Waals surface area contributed by atoms with Crippen LogP contribution in [0.1, 0.15) is 24.9 Å². The number of likely N-dealkylation sites (tertiary alicyclic amines) is 1. The molecular weight excluding hydrogens is 280 g/mol. The van der Waals surface area contributed by atoms with Crippen LogP contribution in [0.2, 0.25) is 0 Å². The van der Waals surface area contributed by atoms with Crippen molar-refractivity contribution in [3.63, 3.8) is 0 Å². The first-order valence-electron chi connectivity index (χ1n) is 6.17. The van der Waals surface area contributed by atoms with E-state index < -0.39 is 27.1 Å². The van der Waals surface area contributed by atoms with Crippen LogP contribution in [0, 0.1) is 0 Å². The summed E-state index contributed by atoms with van der Waals surface area (Å²) in [7, 11) is -3.45. The average molecular weight is 296 g/mol. The molecule has 1 aromatic carbocycles. The van der Waals surface area contributed by atoms with Crippen molar-refractivity contribution in [3.05, 3.63) is 35.9 Å². The number of rotatable bonds is 3. The number of benzene rings is 1. The lowest BCUT2D eigenvalue weighted by molar-refractivity contribution is -0.137. The topological polar surface area (TPSA) is 83.6 Å². The summed E-state index contributed by atoms with van der Waals surface area (Å²) in [6.07, 6.45) is 0.886. The molecule has 1 aromatic rings. The van der Waals surface area contributed by atoms with Crippen molar-refractivity contribution in [1.82, 2.24) is 10.2 Å². The van der Waals surface area contributed by atoms with Crippen molar-refractivity contribution in [2.75, 3.05) is 6.26 Å². The van der Waals surface area contributed by atoms with Crippen LogP contribution in [0.5, 0.6) is 0 Å². The lowest BCUT2D eigenvalue weighted by Gasteiger charge is -2.37. The molecule has 0 aromatic heterocycles. The van der Waals surface area contributed by atoms with Gasteiger partial charge < -0.3 is 5.32 Å². The Balaban J connectivity index is 2.07. The smallest absolute Gasteiger partial charge is 0.325 e. The molecule has 7 heteroatoms.